The van der Waals surface area contributed by atoms with E-state index in [-0.39, 0.29) is 17.1 Å². The molecule has 0 bridgehead atoms. The minimum Gasteiger partial charge on any atom is -0.411 e. The average Bonchev–Trinajstić information content (AvgIpc) is 3.09. The van der Waals surface area contributed by atoms with E-state index in [1.807, 2.05) is 51.4 Å². The Kier molecular flexibility index (Phi) is 9.98. The van der Waals surface area contributed by atoms with Crippen molar-refractivity contribution in [2.24, 2.45) is 10.3 Å². The zero-order valence-electron chi connectivity index (χ0n) is 10.8. The normalized spacial score (nSPS) is 21.8. The molecule has 0 aromatic rings. The van der Waals surface area contributed by atoms with Gasteiger partial charge in [-0.25, -0.2) is 0 Å². The predicted octanol–water partition coefficient (Wildman–Crippen LogP) is 2.48. The van der Waals surface area contributed by atoms with E-state index >= 15 is 0 Å². The fourth-order valence-electron chi connectivity index (χ4n) is 1.35. The Hall–Kier alpha value is -0.541. The molecule has 2 fully saturated rings. The monoisotopic (exact) mass is 300 g/mol. The third-order valence-corrected chi connectivity index (χ3v) is 2.46. The van der Waals surface area contributed by atoms with Crippen molar-refractivity contribution < 1.29 is 27.5 Å². The van der Waals surface area contributed by atoms with Crippen molar-refractivity contribution in [3.63, 3.8) is 0 Å². The molecule has 19 heavy (non-hydrogen) atoms. The third kappa shape index (κ3) is 6.44. The summed E-state index contributed by atoms with van der Waals surface area (Å²) in [4.78, 5) is 0. The van der Waals surface area contributed by atoms with Crippen LogP contribution in [0.25, 0.3) is 0 Å². The van der Waals surface area contributed by atoms with Gasteiger partial charge in [0.25, 0.3) is 0 Å². The van der Waals surface area contributed by atoms with Crippen molar-refractivity contribution in [1.82, 2.24) is 0 Å². The van der Waals surface area contributed by atoms with Gasteiger partial charge in [-0.05, 0) is 65.2 Å². The van der Waals surface area contributed by atoms with Crippen LogP contribution in [0.3, 0.4) is 0 Å². The van der Waals surface area contributed by atoms with Gasteiger partial charge in [0.1, 0.15) is 0 Å². The minimum atomic E-state index is 0. The van der Waals surface area contributed by atoms with Gasteiger partial charge in [0.05, 0.1) is 11.4 Å². The van der Waals surface area contributed by atoms with Crippen LogP contribution in [-0.4, -0.2) is 21.8 Å². The summed E-state index contributed by atoms with van der Waals surface area (Å²) in [7, 11) is 0. The standard InChI is InChI=1S/2C7H8NO.Fe/c2*1-6(8-9)7-4-2-3-5-7;/h2*2-5,9H,1H3;/q;;+2/b2*8-6+;. The van der Waals surface area contributed by atoms with E-state index in [0.717, 1.165) is 11.8 Å². The molecule has 0 heterocycles. The van der Waals surface area contributed by atoms with Gasteiger partial charge in [0.2, 0.25) is 0 Å². The summed E-state index contributed by atoms with van der Waals surface area (Å²) >= 11 is 0. The van der Waals surface area contributed by atoms with E-state index < -0.39 is 0 Å². The van der Waals surface area contributed by atoms with E-state index in [9.17, 15) is 0 Å². The molecule has 0 atom stereocenters. The molecule has 0 aromatic heterocycles. The van der Waals surface area contributed by atoms with Gasteiger partial charge in [-0.2, -0.15) is 0 Å². The molecule has 2 aliphatic carbocycles. The Balaban J connectivity index is 0.000000324. The summed E-state index contributed by atoms with van der Waals surface area (Å²) in [6.45, 7) is 3.52. The maximum atomic E-state index is 8.29. The Labute approximate surface area is 126 Å². The van der Waals surface area contributed by atoms with Gasteiger partial charge in [-0.15, -0.1) is 0 Å². The van der Waals surface area contributed by atoms with E-state index in [2.05, 4.69) is 10.3 Å². The van der Waals surface area contributed by atoms with Crippen LogP contribution >= 0.6 is 0 Å². The molecule has 0 saturated heterocycles. The number of nitrogens with zero attached hydrogens (tertiary/aromatic N) is 2. The van der Waals surface area contributed by atoms with Crippen LogP contribution in [0.1, 0.15) is 13.8 Å². The Bertz CT molecular complexity index is 264. The maximum absolute atomic E-state index is 8.29. The smallest absolute Gasteiger partial charge is 0.411 e. The molecular weight excluding hydrogens is 284 g/mol. The molecule has 2 rings (SSSR count). The van der Waals surface area contributed by atoms with Crippen LogP contribution in [0.5, 0.6) is 0 Å². The van der Waals surface area contributed by atoms with Gasteiger partial charge in [0, 0.05) is 11.8 Å². The Morgan fingerprint density at radius 3 is 1.21 bits per heavy atom. The summed E-state index contributed by atoms with van der Waals surface area (Å²) in [5, 5.41) is 22.7. The SMILES string of the molecule is C/C(=N\O)[C]1[CH][CH][CH][CH]1.C/C(=N\O)[C]1[CH][CH][CH][CH]1.[Fe+2]. The summed E-state index contributed by atoms with van der Waals surface area (Å²) < 4.78 is 0. The first-order valence-electron chi connectivity index (χ1n) is 5.50. The summed E-state index contributed by atoms with van der Waals surface area (Å²) in [6.07, 6.45) is 15.2. The summed E-state index contributed by atoms with van der Waals surface area (Å²) in [6, 6.07) is 0. The molecule has 10 radical (unpaired) electrons. The fraction of sp³-hybridized carbons (Fsp3) is 0.143. The first-order valence-corrected chi connectivity index (χ1v) is 5.50. The molecular formula is C14H16FeN2O2+2. The van der Waals surface area contributed by atoms with Crippen molar-refractivity contribution in [3.05, 3.63) is 63.2 Å². The second-order valence-corrected chi connectivity index (χ2v) is 3.72. The quantitative estimate of drug-likeness (QED) is 0.356. The molecule has 0 aromatic carbocycles. The van der Waals surface area contributed by atoms with E-state index in [0.29, 0.717) is 11.4 Å². The molecule has 2 saturated carbocycles. The molecule has 100 valence electrons. The third-order valence-electron chi connectivity index (χ3n) is 2.46. The molecule has 0 spiro atoms. The summed E-state index contributed by atoms with van der Waals surface area (Å²) in [5.41, 5.74) is 1.31. The Morgan fingerprint density at radius 1 is 0.737 bits per heavy atom. The van der Waals surface area contributed by atoms with Gasteiger partial charge in [-0.1, -0.05) is 10.3 Å². The van der Waals surface area contributed by atoms with E-state index in [1.54, 1.807) is 13.8 Å². The second-order valence-electron chi connectivity index (χ2n) is 3.72. The first kappa shape index (κ1) is 18.5. The minimum absolute atomic E-state index is 0. The van der Waals surface area contributed by atoms with Crippen LogP contribution in [0, 0.1) is 63.2 Å². The Morgan fingerprint density at radius 2 is 1.00 bits per heavy atom. The van der Waals surface area contributed by atoms with Gasteiger partial charge < -0.3 is 10.4 Å². The fourth-order valence-corrected chi connectivity index (χ4v) is 1.35. The van der Waals surface area contributed by atoms with Crippen LogP contribution < -0.4 is 0 Å². The number of oxime groups is 2. The topological polar surface area (TPSA) is 65.2 Å². The van der Waals surface area contributed by atoms with Crippen molar-refractivity contribution in [3.8, 4) is 0 Å². The molecule has 2 N–H and O–H groups in total. The van der Waals surface area contributed by atoms with E-state index in [4.69, 9.17) is 10.4 Å². The number of hydrogen-bond acceptors (Lipinski definition) is 4. The average molecular weight is 300 g/mol. The van der Waals surface area contributed by atoms with Crippen LogP contribution in [0.4, 0.5) is 0 Å². The largest absolute Gasteiger partial charge is 2.00 e. The molecule has 2 aliphatic rings. The van der Waals surface area contributed by atoms with Gasteiger partial charge >= 0.3 is 17.1 Å². The van der Waals surface area contributed by atoms with Crippen LogP contribution in [0.2, 0.25) is 0 Å². The molecule has 5 heteroatoms. The van der Waals surface area contributed by atoms with Crippen molar-refractivity contribution in [2.75, 3.05) is 0 Å². The van der Waals surface area contributed by atoms with Crippen molar-refractivity contribution in [1.29, 1.82) is 0 Å². The molecule has 0 unspecified atom stereocenters. The number of rotatable bonds is 2. The zero-order chi connectivity index (χ0) is 13.4. The second kappa shape index (κ2) is 10.3. The predicted molar refractivity (Wildman–Crippen MR) is 70.7 cm³/mol. The number of hydrogen-bond donors (Lipinski definition) is 2. The van der Waals surface area contributed by atoms with Crippen LogP contribution in [0.15, 0.2) is 10.3 Å². The van der Waals surface area contributed by atoms with Crippen LogP contribution in [-0.2, 0) is 17.1 Å². The van der Waals surface area contributed by atoms with Crippen molar-refractivity contribution in [2.45, 2.75) is 13.8 Å². The summed E-state index contributed by atoms with van der Waals surface area (Å²) in [5.74, 6) is 1.94. The van der Waals surface area contributed by atoms with Gasteiger partial charge in [-0.3, -0.25) is 0 Å². The van der Waals surface area contributed by atoms with Crippen molar-refractivity contribution >= 4 is 11.4 Å². The molecule has 4 nitrogen and oxygen atoms in total. The van der Waals surface area contributed by atoms with Gasteiger partial charge in [0.15, 0.2) is 0 Å². The maximum Gasteiger partial charge on any atom is 2.00 e. The zero-order valence-corrected chi connectivity index (χ0v) is 11.9. The first-order chi connectivity index (χ1) is 8.69. The molecule has 0 amide bonds. The van der Waals surface area contributed by atoms with E-state index in [1.165, 1.54) is 0 Å². The molecule has 0 aliphatic heterocycles.